The molecule has 4 fully saturated rings. The highest BCUT2D eigenvalue weighted by atomic mass is 32.2. The Morgan fingerprint density at radius 2 is 1.30 bits per heavy atom. The van der Waals surface area contributed by atoms with E-state index < -0.39 is 53.2 Å². The maximum absolute atomic E-state index is 12.8. The zero-order valence-corrected chi connectivity index (χ0v) is 18.6. The molecule has 0 amide bonds. The molecule has 2 aromatic rings. The van der Waals surface area contributed by atoms with Crippen LogP contribution in [-0.2, 0) is 28.5 Å². The normalized spacial score (nSPS) is 33.0. The maximum Gasteiger partial charge on any atom is 0.297 e. The van der Waals surface area contributed by atoms with Crippen molar-refractivity contribution >= 4 is 27.2 Å². The van der Waals surface area contributed by atoms with Crippen LogP contribution >= 0.6 is 0 Å². The van der Waals surface area contributed by atoms with Crippen molar-refractivity contribution in [3.8, 4) is 0 Å². The Morgan fingerprint density at radius 1 is 0.818 bits per heavy atom. The molecule has 0 spiro atoms. The number of hydrogen-bond donors (Lipinski definition) is 2. The second-order valence-corrected chi connectivity index (χ2v) is 9.76. The van der Waals surface area contributed by atoms with Gasteiger partial charge in [0.05, 0.1) is 16.3 Å². The lowest BCUT2D eigenvalue weighted by Crippen LogP contribution is -2.75. The van der Waals surface area contributed by atoms with Gasteiger partial charge in [0.2, 0.25) is 0 Å². The van der Waals surface area contributed by atoms with Crippen LogP contribution in [0.2, 0.25) is 0 Å². The van der Waals surface area contributed by atoms with Gasteiger partial charge in [0.25, 0.3) is 16.6 Å². The van der Waals surface area contributed by atoms with Crippen molar-refractivity contribution in [1.29, 1.82) is 0 Å². The van der Waals surface area contributed by atoms with E-state index >= 15 is 0 Å². The Labute approximate surface area is 190 Å². The van der Waals surface area contributed by atoms with E-state index in [9.17, 15) is 18.6 Å². The van der Waals surface area contributed by atoms with Gasteiger partial charge in [0.15, 0.2) is 0 Å². The largest absolute Gasteiger partial charge is 0.387 e. The van der Waals surface area contributed by atoms with Gasteiger partial charge in [-0.05, 0) is 48.5 Å². The van der Waals surface area contributed by atoms with E-state index in [0.717, 1.165) is 5.69 Å². The van der Waals surface area contributed by atoms with Crippen LogP contribution in [0.5, 0.6) is 0 Å². The van der Waals surface area contributed by atoms with Crippen LogP contribution in [-0.4, -0.2) is 75.8 Å². The molecular formula is C21H23N3O8S. The van der Waals surface area contributed by atoms with Crippen LogP contribution in [0, 0.1) is 0 Å². The Kier molecular flexibility index (Phi) is 5.69. The molecular weight excluding hydrogens is 454 g/mol. The van der Waals surface area contributed by atoms with E-state index in [4.69, 9.17) is 18.4 Å². The van der Waals surface area contributed by atoms with E-state index in [1.54, 1.807) is 0 Å². The molecule has 176 valence electrons. The molecule has 3 saturated heterocycles. The molecule has 1 saturated carbocycles. The summed E-state index contributed by atoms with van der Waals surface area (Å²) in [4.78, 5) is 1.85. The lowest BCUT2D eigenvalue weighted by atomic mass is 9.83. The summed E-state index contributed by atoms with van der Waals surface area (Å²) in [7, 11) is -0.364. The van der Waals surface area contributed by atoms with Gasteiger partial charge in [0, 0.05) is 19.8 Å². The summed E-state index contributed by atoms with van der Waals surface area (Å²) in [5.74, 6) is 0. The number of rotatable bonds is 6. The summed E-state index contributed by atoms with van der Waals surface area (Å²) in [6.07, 6.45) is -6.63. The Bertz CT molecular complexity index is 1120. The molecule has 4 aliphatic rings. The molecule has 0 radical (unpaired) electrons. The number of aliphatic hydroxyl groups is 2. The van der Waals surface area contributed by atoms with Gasteiger partial charge in [-0.1, -0.05) is 0 Å². The lowest BCUT2D eigenvalue weighted by Gasteiger charge is -2.56. The summed E-state index contributed by atoms with van der Waals surface area (Å²) in [5.41, 5.74) is 2.14. The second-order valence-electron chi connectivity index (χ2n) is 8.19. The first-order valence-electron chi connectivity index (χ1n) is 10.3. The number of anilines is 1. The van der Waals surface area contributed by atoms with Crippen molar-refractivity contribution in [2.45, 2.75) is 48.0 Å². The van der Waals surface area contributed by atoms with Crippen molar-refractivity contribution in [1.82, 2.24) is 0 Å². The van der Waals surface area contributed by atoms with Gasteiger partial charge in [-0.15, -0.1) is 0 Å². The van der Waals surface area contributed by atoms with E-state index in [2.05, 4.69) is 10.2 Å². The predicted octanol–water partition coefficient (Wildman–Crippen LogP) is 1.44. The van der Waals surface area contributed by atoms with Crippen LogP contribution in [0.3, 0.4) is 0 Å². The molecule has 6 rings (SSSR count). The minimum atomic E-state index is -4.25. The van der Waals surface area contributed by atoms with Crippen molar-refractivity contribution < 1.29 is 37.0 Å². The van der Waals surface area contributed by atoms with Crippen molar-refractivity contribution in [2.75, 3.05) is 19.0 Å². The molecule has 2 N–H and O–H groups in total. The fourth-order valence-electron chi connectivity index (χ4n) is 4.03. The monoisotopic (exact) mass is 477 g/mol. The van der Waals surface area contributed by atoms with E-state index in [-0.39, 0.29) is 4.90 Å². The van der Waals surface area contributed by atoms with Crippen molar-refractivity contribution in [2.24, 2.45) is 10.2 Å². The molecule has 12 heteroatoms. The summed E-state index contributed by atoms with van der Waals surface area (Å²) in [6, 6.07) is 13.2. The van der Waals surface area contributed by atoms with E-state index in [1.165, 1.54) is 24.3 Å². The van der Waals surface area contributed by atoms with E-state index in [1.807, 2.05) is 43.3 Å². The fraction of sp³-hybridized carbons (Fsp3) is 0.429. The van der Waals surface area contributed by atoms with E-state index in [0.29, 0.717) is 11.4 Å². The van der Waals surface area contributed by atoms with Crippen LogP contribution < -0.4 is 4.90 Å². The number of ether oxygens (including phenoxy) is 3. The number of benzene rings is 2. The van der Waals surface area contributed by atoms with Gasteiger partial charge in [-0.25, -0.2) is 0 Å². The molecule has 3 aliphatic heterocycles. The smallest absolute Gasteiger partial charge is 0.297 e. The quantitative estimate of drug-likeness (QED) is 0.467. The van der Waals surface area contributed by atoms with Crippen LogP contribution in [0.4, 0.5) is 17.1 Å². The zero-order chi connectivity index (χ0) is 23.3. The number of nitrogens with zero attached hydrogens (tertiary/aromatic N) is 3. The van der Waals surface area contributed by atoms with Crippen LogP contribution in [0.1, 0.15) is 0 Å². The zero-order valence-electron chi connectivity index (χ0n) is 17.8. The van der Waals surface area contributed by atoms with Gasteiger partial charge in [-0.3, -0.25) is 4.18 Å². The average molecular weight is 477 g/mol. The average Bonchev–Trinajstić information content (AvgIpc) is 2.80. The Hall–Kier alpha value is -2.45. The lowest BCUT2D eigenvalue weighted by molar-refractivity contribution is -0.478. The minimum Gasteiger partial charge on any atom is -0.387 e. The molecule has 5 unspecified atom stereocenters. The van der Waals surface area contributed by atoms with Crippen molar-refractivity contribution in [3.63, 3.8) is 0 Å². The Balaban J connectivity index is 1.28. The van der Waals surface area contributed by atoms with Gasteiger partial charge in [-0.2, -0.15) is 18.6 Å². The molecule has 2 aromatic carbocycles. The SMILES string of the molecule is CN(C)c1ccc(N=Nc2ccc(S(=O)(=O)OC3[C@@H]4OC5OC(C4O)C(O)[C@@H]3O5)cc2)cc1. The highest BCUT2D eigenvalue weighted by molar-refractivity contribution is 7.86. The third kappa shape index (κ3) is 4.15. The topological polar surface area (TPSA) is 139 Å². The maximum atomic E-state index is 12.8. The first kappa shape index (κ1) is 22.3. The van der Waals surface area contributed by atoms with Gasteiger partial charge < -0.3 is 29.3 Å². The first-order chi connectivity index (χ1) is 15.7. The molecule has 3 heterocycles. The first-order valence-corrected chi connectivity index (χ1v) is 11.7. The second kappa shape index (κ2) is 8.40. The number of aliphatic hydroxyl groups excluding tert-OH is 2. The molecule has 0 aromatic heterocycles. The van der Waals surface area contributed by atoms with Crippen LogP contribution in [0.25, 0.3) is 0 Å². The number of hydrogen-bond acceptors (Lipinski definition) is 11. The summed E-state index contributed by atoms with van der Waals surface area (Å²) in [6.45, 7) is -1.07. The minimum absolute atomic E-state index is 0.120. The molecule has 7 atom stereocenters. The molecule has 1 aliphatic carbocycles. The third-order valence-corrected chi connectivity index (χ3v) is 7.13. The van der Waals surface area contributed by atoms with Crippen LogP contribution in [0.15, 0.2) is 63.7 Å². The Morgan fingerprint density at radius 3 is 1.82 bits per heavy atom. The van der Waals surface area contributed by atoms with Gasteiger partial charge >= 0.3 is 0 Å². The predicted molar refractivity (Wildman–Crippen MR) is 114 cm³/mol. The van der Waals surface area contributed by atoms with Crippen molar-refractivity contribution in [3.05, 3.63) is 48.5 Å². The fourth-order valence-corrected chi connectivity index (χ4v) is 5.13. The summed E-state index contributed by atoms with van der Waals surface area (Å²) in [5, 5.41) is 28.9. The third-order valence-electron chi connectivity index (χ3n) is 5.81. The molecule has 33 heavy (non-hydrogen) atoms. The van der Waals surface area contributed by atoms with Gasteiger partial charge in [0.1, 0.15) is 36.6 Å². The standard InChI is InChI=1S/C21H23N3O8S/c1-24(2)13-7-3-11(4-8-13)22-23-12-5-9-14(10-6-12)33(27,28)32-20-18-15(25)17-16(26)19(20)31-21(29-17)30-18/h3-10,15-21,25-26H,1-2H3/t15?,16?,17?,18-,19+,20?,21?. The number of azo groups is 1. The molecule has 11 nitrogen and oxygen atoms in total. The summed E-state index contributed by atoms with van der Waals surface area (Å²) >= 11 is 0. The highest BCUT2D eigenvalue weighted by Gasteiger charge is 2.63. The summed E-state index contributed by atoms with van der Waals surface area (Å²) < 4.78 is 46.9. The highest BCUT2D eigenvalue weighted by Crippen LogP contribution is 2.42. The molecule has 4 bridgehead atoms.